The summed E-state index contributed by atoms with van der Waals surface area (Å²) in [5.41, 5.74) is 2.60. The summed E-state index contributed by atoms with van der Waals surface area (Å²) in [4.78, 5) is 26.3. The minimum atomic E-state index is -0.357. The quantitative estimate of drug-likeness (QED) is 0.688. The average Bonchev–Trinajstić information content (AvgIpc) is 2.70. The number of rotatable bonds is 9. The van der Waals surface area contributed by atoms with Crippen LogP contribution in [0.15, 0.2) is 42.5 Å². The fraction of sp³-hybridized carbons (Fsp3) is 0.333. The van der Waals surface area contributed by atoms with Crippen LogP contribution in [0.4, 0.5) is 0 Å². The second kappa shape index (κ2) is 10.3. The fourth-order valence-electron chi connectivity index (χ4n) is 2.63. The van der Waals surface area contributed by atoms with Crippen molar-refractivity contribution in [3.63, 3.8) is 0 Å². The third kappa shape index (κ3) is 6.28. The molecule has 2 aromatic carbocycles. The van der Waals surface area contributed by atoms with E-state index in [4.69, 9.17) is 9.47 Å². The zero-order valence-electron chi connectivity index (χ0n) is 16.7. The number of methoxy groups -OCH3 is 2. The SMILES string of the molecule is COc1ccc(C(=O)NCC(=O)NCc2ccc(CN(C)C)cc2)cc1OC. The van der Waals surface area contributed by atoms with Crippen LogP contribution in [0.25, 0.3) is 0 Å². The van der Waals surface area contributed by atoms with Crippen LogP contribution in [0.2, 0.25) is 0 Å². The van der Waals surface area contributed by atoms with Crippen LogP contribution in [-0.2, 0) is 17.9 Å². The van der Waals surface area contributed by atoms with Crippen LogP contribution in [0, 0.1) is 0 Å². The number of hydrogen-bond donors (Lipinski definition) is 2. The molecule has 0 aliphatic carbocycles. The van der Waals surface area contributed by atoms with Gasteiger partial charge in [-0.05, 0) is 43.4 Å². The predicted octanol–water partition coefficient (Wildman–Crippen LogP) is 1.81. The Morgan fingerprint density at radius 3 is 2.14 bits per heavy atom. The van der Waals surface area contributed by atoms with E-state index >= 15 is 0 Å². The monoisotopic (exact) mass is 385 g/mol. The smallest absolute Gasteiger partial charge is 0.251 e. The van der Waals surface area contributed by atoms with Gasteiger partial charge in [0.05, 0.1) is 20.8 Å². The average molecular weight is 385 g/mol. The van der Waals surface area contributed by atoms with Crippen molar-refractivity contribution in [1.82, 2.24) is 15.5 Å². The van der Waals surface area contributed by atoms with E-state index < -0.39 is 0 Å². The lowest BCUT2D eigenvalue weighted by Gasteiger charge is -2.11. The van der Waals surface area contributed by atoms with E-state index in [1.54, 1.807) is 18.2 Å². The second-order valence-corrected chi connectivity index (χ2v) is 6.58. The number of hydrogen-bond acceptors (Lipinski definition) is 5. The van der Waals surface area contributed by atoms with Crippen molar-refractivity contribution < 1.29 is 19.1 Å². The molecule has 0 saturated carbocycles. The molecule has 0 atom stereocenters. The van der Waals surface area contributed by atoms with E-state index in [0.717, 1.165) is 12.1 Å². The van der Waals surface area contributed by atoms with Gasteiger partial charge in [-0.2, -0.15) is 0 Å². The molecule has 2 N–H and O–H groups in total. The molecule has 2 amide bonds. The second-order valence-electron chi connectivity index (χ2n) is 6.58. The van der Waals surface area contributed by atoms with E-state index in [1.165, 1.54) is 19.8 Å². The first-order valence-corrected chi connectivity index (χ1v) is 8.92. The predicted molar refractivity (Wildman–Crippen MR) is 108 cm³/mol. The lowest BCUT2D eigenvalue weighted by atomic mass is 10.1. The summed E-state index contributed by atoms with van der Waals surface area (Å²) in [6.45, 7) is 1.17. The van der Waals surface area contributed by atoms with Gasteiger partial charge in [-0.3, -0.25) is 9.59 Å². The number of nitrogens with zero attached hydrogens (tertiary/aromatic N) is 1. The van der Waals surface area contributed by atoms with E-state index in [9.17, 15) is 9.59 Å². The zero-order valence-corrected chi connectivity index (χ0v) is 16.7. The van der Waals surface area contributed by atoms with Gasteiger partial charge in [-0.25, -0.2) is 0 Å². The van der Waals surface area contributed by atoms with Crippen molar-refractivity contribution >= 4 is 11.8 Å². The van der Waals surface area contributed by atoms with E-state index in [0.29, 0.717) is 23.6 Å². The Hall–Kier alpha value is -3.06. The minimum Gasteiger partial charge on any atom is -0.493 e. The number of ether oxygens (including phenoxy) is 2. The number of carbonyl (C=O) groups is 2. The highest BCUT2D eigenvalue weighted by Crippen LogP contribution is 2.27. The summed E-state index contributed by atoms with van der Waals surface area (Å²) >= 11 is 0. The molecular formula is C21H27N3O4. The summed E-state index contributed by atoms with van der Waals surface area (Å²) in [6, 6.07) is 12.9. The first-order valence-electron chi connectivity index (χ1n) is 8.92. The van der Waals surface area contributed by atoms with Gasteiger partial charge < -0.3 is 25.0 Å². The molecule has 0 unspecified atom stereocenters. The molecule has 0 spiro atoms. The Morgan fingerprint density at radius 2 is 1.54 bits per heavy atom. The maximum atomic E-state index is 12.2. The van der Waals surface area contributed by atoms with Crippen LogP contribution in [-0.4, -0.2) is 51.6 Å². The summed E-state index contributed by atoms with van der Waals surface area (Å²) in [6.07, 6.45) is 0. The van der Waals surface area contributed by atoms with Crippen molar-refractivity contribution in [2.24, 2.45) is 0 Å². The van der Waals surface area contributed by atoms with Crippen molar-refractivity contribution in [2.75, 3.05) is 34.9 Å². The Morgan fingerprint density at radius 1 is 0.893 bits per heavy atom. The molecule has 28 heavy (non-hydrogen) atoms. The molecule has 0 aromatic heterocycles. The van der Waals surface area contributed by atoms with Crippen LogP contribution in [0.1, 0.15) is 21.5 Å². The standard InChI is InChI=1S/C21H27N3O4/c1-24(2)14-16-7-5-15(6-8-16)12-22-20(25)13-23-21(26)17-9-10-18(27-3)19(11-17)28-4/h5-11H,12-14H2,1-4H3,(H,22,25)(H,23,26). The lowest BCUT2D eigenvalue weighted by Crippen LogP contribution is -2.36. The summed E-state index contributed by atoms with van der Waals surface area (Å²) in [7, 11) is 7.06. The number of carbonyl (C=O) groups excluding carboxylic acids is 2. The molecule has 0 bridgehead atoms. The fourth-order valence-corrected chi connectivity index (χ4v) is 2.63. The highest BCUT2D eigenvalue weighted by Gasteiger charge is 2.12. The molecular weight excluding hydrogens is 358 g/mol. The van der Waals surface area contributed by atoms with Gasteiger partial charge in [-0.15, -0.1) is 0 Å². The zero-order chi connectivity index (χ0) is 20.5. The maximum Gasteiger partial charge on any atom is 0.251 e. The number of benzene rings is 2. The van der Waals surface area contributed by atoms with E-state index in [-0.39, 0.29) is 18.4 Å². The van der Waals surface area contributed by atoms with Crippen molar-refractivity contribution in [3.8, 4) is 11.5 Å². The molecule has 0 heterocycles. The molecule has 7 heteroatoms. The van der Waals surface area contributed by atoms with Crippen LogP contribution >= 0.6 is 0 Å². The van der Waals surface area contributed by atoms with Crippen molar-refractivity contribution in [1.29, 1.82) is 0 Å². The van der Waals surface area contributed by atoms with Gasteiger partial charge in [0.25, 0.3) is 5.91 Å². The molecule has 0 radical (unpaired) electrons. The van der Waals surface area contributed by atoms with Crippen LogP contribution in [0.3, 0.4) is 0 Å². The molecule has 150 valence electrons. The molecule has 0 aliphatic rings. The number of nitrogens with one attached hydrogen (secondary N) is 2. The molecule has 0 aliphatic heterocycles. The van der Waals surface area contributed by atoms with Gasteiger partial charge in [0.2, 0.25) is 5.91 Å². The molecule has 2 aromatic rings. The first-order chi connectivity index (χ1) is 13.4. The Kier molecular flexibility index (Phi) is 7.83. The van der Waals surface area contributed by atoms with E-state index in [1.807, 2.05) is 38.4 Å². The molecule has 2 rings (SSSR count). The highest BCUT2D eigenvalue weighted by atomic mass is 16.5. The number of amides is 2. The summed E-state index contributed by atoms with van der Waals surface area (Å²) < 4.78 is 10.3. The van der Waals surface area contributed by atoms with Crippen LogP contribution < -0.4 is 20.1 Å². The lowest BCUT2D eigenvalue weighted by molar-refractivity contribution is -0.120. The van der Waals surface area contributed by atoms with Gasteiger partial charge >= 0.3 is 0 Å². The maximum absolute atomic E-state index is 12.2. The summed E-state index contributed by atoms with van der Waals surface area (Å²) in [5, 5.41) is 5.40. The molecule has 7 nitrogen and oxygen atoms in total. The van der Waals surface area contributed by atoms with Gasteiger partial charge in [0.1, 0.15) is 0 Å². The summed E-state index contributed by atoms with van der Waals surface area (Å²) in [5.74, 6) is 0.376. The minimum absolute atomic E-state index is 0.105. The van der Waals surface area contributed by atoms with Crippen molar-refractivity contribution in [3.05, 3.63) is 59.2 Å². The Labute approximate surface area is 165 Å². The van der Waals surface area contributed by atoms with Crippen molar-refractivity contribution in [2.45, 2.75) is 13.1 Å². The largest absolute Gasteiger partial charge is 0.493 e. The normalized spacial score (nSPS) is 10.5. The first kappa shape index (κ1) is 21.2. The third-order valence-electron chi connectivity index (χ3n) is 4.07. The van der Waals surface area contributed by atoms with Gasteiger partial charge in [0.15, 0.2) is 11.5 Å². The van der Waals surface area contributed by atoms with Gasteiger partial charge in [-0.1, -0.05) is 24.3 Å². The highest BCUT2D eigenvalue weighted by molar-refractivity contribution is 5.97. The third-order valence-corrected chi connectivity index (χ3v) is 4.07. The molecule has 0 saturated heterocycles. The van der Waals surface area contributed by atoms with Crippen LogP contribution in [0.5, 0.6) is 11.5 Å². The topological polar surface area (TPSA) is 79.9 Å². The Balaban J connectivity index is 1.81. The van der Waals surface area contributed by atoms with E-state index in [2.05, 4.69) is 15.5 Å². The molecule has 0 fully saturated rings. The van der Waals surface area contributed by atoms with Gasteiger partial charge in [0, 0.05) is 18.7 Å². The Bertz CT molecular complexity index is 804.